The molecule has 12 heteroatoms. The number of carbonyl (C=O) groups excluding carboxylic acids is 2. The molecule has 0 aliphatic heterocycles. The van der Waals surface area contributed by atoms with E-state index in [4.69, 9.17) is 5.73 Å². The van der Waals surface area contributed by atoms with Crippen molar-refractivity contribution in [3.05, 3.63) is 94.3 Å². The van der Waals surface area contributed by atoms with Gasteiger partial charge in [-0.15, -0.1) is 0 Å². The second-order valence-corrected chi connectivity index (χ2v) is 10.3. The molecule has 0 spiro atoms. The number of aliphatic hydroxyl groups excluding tert-OH is 1. The van der Waals surface area contributed by atoms with Crippen LogP contribution >= 0.6 is 0 Å². The lowest BCUT2D eigenvalue weighted by Gasteiger charge is -2.28. The molecule has 220 valence electrons. The van der Waals surface area contributed by atoms with Crippen LogP contribution in [-0.4, -0.2) is 34.2 Å². The third kappa shape index (κ3) is 9.76. The molecular weight excluding hydrogens is 544 g/mol. The number of urea groups is 1. The molecule has 0 radical (unpaired) electrons. The summed E-state index contributed by atoms with van der Waals surface area (Å²) < 4.78 is 52.4. The van der Waals surface area contributed by atoms with Gasteiger partial charge in [0.2, 0.25) is 5.91 Å². The lowest BCUT2D eigenvalue weighted by molar-refractivity contribution is -0.137. The van der Waals surface area contributed by atoms with Crippen molar-refractivity contribution in [2.45, 2.75) is 51.1 Å². The zero-order valence-electron chi connectivity index (χ0n) is 22.5. The summed E-state index contributed by atoms with van der Waals surface area (Å²) in [6.07, 6.45) is -5.14. The Hall–Kier alpha value is -4.16. The molecule has 3 amide bonds. The Morgan fingerprint density at radius 3 is 2.37 bits per heavy atom. The van der Waals surface area contributed by atoms with Gasteiger partial charge in [-0.2, -0.15) is 13.2 Å². The second-order valence-electron chi connectivity index (χ2n) is 10.3. The number of hydrogen-bond acceptors (Lipinski definition) is 5. The summed E-state index contributed by atoms with van der Waals surface area (Å²) in [4.78, 5) is 23.6. The fourth-order valence-corrected chi connectivity index (χ4v) is 4.27. The van der Waals surface area contributed by atoms with Crippen molar-refractivity contribution in [3.63, 3.8) is 0 Å². The van der Waals surface area contributed by atoms with Gasteiger partial charge >= 0.3 is 12.2 Å². The largest absolute Gasteiger partial charge is 0.506 e. The van der Waals surface area contributed by atoms with Crippen molar-refractivity contribution in [2.75, 3.05) is 11.9 Å². The van der Waals surface area contributed by atoms with Crippen LogP contribution < -0.4 is 21.7 Å². The van der Waals surface area contributed by atoms with Gasteiger partial charge < -0.3 is 31.9 Å². The zero-order chi connectivity index (χ0) is 30.4. The Balaban J connectivity index is 1.56. The van der Waals surface area contributed by atoms with Gasteiger partial charge in [-0.25, -0.2) is 9.18 Å². The first kappa shape index (κ1) is 31.4. The number of halogens is 4. The maximum absolute atomic E-state index is 13.6. The average molecular weight is 577 g/mol. The zero-order valence-corrected chi connectivity index (χ0v) is 22.5. The van der Waals surface area contributed by atoms with Crippen molar-refractivity contribution in [1.82, 2.24) is 10.6 Å². The van der Waals surface area contributed by atoms with Gasteiger partial charge in [0.1, 0.15) is 11.6 Å². The van der Waals surface area contributed by atoms with Crippen LogP contribution in [0.1, 0.15) is 47.8 Å². The van der Waals surface area contributed by atoms with E-state index in [1.807, 2.05) is 26.0 Å². The summed E-state index contributed by atoms with van der Waals surface area (Å²) >= 11 is 0. The monoisotopic (exact) mass is 576 g/mol. The highest BCUT2D eigenvalue weighted by Crippen LogP contribution is 2.30. The Morgan fingerprint density at radius 2 is 1.68 bits per heavy atom. The van der Waals surface area contributed by atoms with E-state index in [1.165, 1.54) is 18.2 Å². The topological polar surface area (TPSA) is 137 Å². The van der Waals surface area contributed by atoms with Crippen LogP contribution in [0, 0.1) is 5.82 Å². The number of rotatable bonds is 11. The highest BCUT2D eigenvalue weighted by atomic mass is 19.4. The molecule has 0 saturated carbocycles. The summed E-state index contributed by atoms with van der Waals surface area (Å²) in [6, 6.07) is 12.9. The molecule has 0 saturated heterocycles. The summed E-state index contributed by atoms with van der Waals surface area (Å²) in [5, 5.41) is 28.6. The number of aliphatic hydroxyl groups is 1. The molecule has 41 heavy (non-hydrogen) atoms. The number of phenols is 1. The summed E-state index contributed by atoms with van der Waals surface area (Å²) in [5.41, 5.74) is 5.62. The molecular formula is C29H32F4N4O4. The maximum Gasteiger partial charge on any atom is 0.416 e. The van der Waals surface area contributed by atoms with E-state index in [2.05, 4.69) is 16.0 Å². The number of hydrogen-bond donors (Lipinski definition) is 6. The van der Waals surface area contributed by atoms with Crippen molar-refractivity contribution in [2.24, 2.45) is 5.73 Å². The van der Waals surface area contributed by atoms with Gasteiger partial charge in [0.25, 0.3) is 0 Å². The molecule has 7 N–H and O–H groups in total. The Labute approximate surface area is 234 Å². The van der Waals surface area contributed by atoms with Gasteiger partial charge in [-0.1, -0.05) is 30.3 Å². The molecule has 0 bridgehead atoms. The van der Waals surface area contributed by atoms with Crippen molar-refractivity contribution in [1.29, 1.82) is 0 Å². The van der Waals surface area contributed by atoms with Crippen LogP contribution in [0.5, 0.6) is 5.75 Å². The number of nitrogens with one attached hydrogen (secondary N) is 3. The van der Waals surface area contributed by atoms with Crippen LogP contribution in [0.15, 0.2) is 60.7 Å². The van der Waals surface area contributed by atoms with Crippen LogP contribution in [0.4, 0.5) is 28.0 Å². The number of nitrogens with two attached hydrogens (primary N) is 1. The predicted molar refractivity (Wildman–Crippen MR) is 145 cm³/mol. The number of carbonyl (C=O) groups is 2. The second kappa shape index (κ2) is 13.0. The molecule has 8 nitrogen and oxygen atoms in total. The van der Waals surface area contributed by atoms with E-state index in [1.54, 1.807) is 12.1 Å². The predicted octanol–water partition coefficient (Wildman–Crippen LogP) is 4.54. The molecule has 0 heterocycles. The van der Waals surface area contributed by atoms with E-state index in [9.17, 15) is 37.4 Å². The highest BCUT2D eigenvalue weighted by molar-refractivity contribution is 5.89. The maximum atomic E-state index is 13.6. The first-order valence-electron chi connectivity index (χ1n) is 12.6. The molecule has 0 aromatic heterocycles. The van der Waals surface area contributed by atoms with Crippen LogP contribution in [0.25, 0.3) is 0 Å². The number of amides is 3. The van der Waals surface area contributed by atoms with E-state index < -0.39 is 41.1 Å². The standard InChI is InChI=1S/C29H32F4N4O4/c1-28(2,36-16-25(39)20-6-7-24(38)23(12-20)37-27(34)41)14-18-5-3-4-17(8-18)11-26(40)35-15-19-9-21(29(31,32)33)13-22(30)10-19/h3-10,12-13,25,36,38-39H,11,14-16H2,1-2H3,(H,35,40)(H3,34,37,41). The third-order valence-corrected chi connectivity index (χ3v) is 6.21. The van der Waals surface area contributed by atoms with Crippen molar-refractivity contribution in [3.8, 4) is 5.75 Å². The molecule has 3 aromatic rings. The van der Waals surface area contributed by atoms with E-state index >= 15 is 0 Å². The molecule has 1 unspecified atom stereocenters. The Bertz CT molecular complexity index is 1400. The van der Waals surface area contributed by atoms with E-state index in [0.717, 1.165) is 17.7 Å². The molecule has 3 rings (SSSR count). The lowest BCUT2D eigenvalue weighted by Crippen LogP contribution is -2.43. The SMILES string of the molecule is CC(C)(Cc1cccc(CC(=O)NCc2cc(F)cc(C(F)(F)F)c2)c1)NCC(O)c1ccc(O)c(NC(N)=O)c1. The number of benzene rings is 3. The number of anilines is 1. The molecule has 0 aliphatic rings. The third-order valence-electron chi connectivity index (χ3n) is 6.21. The number of β-amino-alcohol motifs (C(OH)–C–C–N with tert-alkyl or cyclic N) is 1. The minimum absolute atomic E-state index is 0.00194. The summed E-state index contributed by atoms with van der Waals surface area (Å²) in [5.74, 6) is -1.65. The van der Waals surface area contributed by atoms with Crippen molar-refractivity contribution < 1.29 is 37.4 Å². The minimum Gasteiger partial charge on any atom is -0.506 e. The summed E-state index contributed by atoms with van der Waals surface area (Å²) in [6.45, 7) is 3.78. The number of phenolic OH excluding ortho intramolecular Hbond substituents is 1. The molecule has 3 aromatic carbocycles. The minimum atomic E-state index is -4.69. The molecule has 0 aliphatic carbocycles. The highest BCUT2D eigenvalue weighted by Gasteiger charge is 2.31. The van der Waals surface area contributed by atoms with Crippen LogP contribution in [-0.2, 0) is 30.4 Å². The van der Waals surface area contributed by atoms with E-state index in [-0.39, 0.29) is 36.5 Å². The fourth-order valence-electron chi connectivity index (χ4n) is 4.27. The molecule has 1 atom stereocenters. The van der Waals surface area contributed by atoms with Gasteiger partial charge in [0.15, 0.2) is 0 Å². The lowest BCUT2D eigenvalue weighted by atomic mass is 9.93. The van der Waals surface area contributed by atoms with E-state index in [0.29, 0.717) is 23.6 Å². The smallest absolute Gasteiger partial charge is 0.416 e. The first-order valence-corrected chi connectivity index (χ1v) is 12.6. The number of primary amides is 1. The normalized spacial score (nSPS) is 12.6. The first-order chi connectivity index (χ1) is 19.1. The Morgan fingerprint density at radius 1 is 0.976 bits per heavy atom. The number of alkyl halides is 3. The van der Waals surface area contributed by atoms with Crippen molar-refractivity contribution >= 4 is 17.6 Å². The summed E-state index contributed by atoms with van der Waals surface area (Å²) in [7, 11) is 0. The Kier molecular flexibility index (Phi) is 9.95. The van der Waals surface area contributed by atoms with Gasteiger partial charge in [0.05, 0.1) is 23.8 Å². The van der Waals surface area contributed by atoms with Gasteiger partial charge in [0, 0.05) is 18.6 Å². The molecule has 0 fully saturated rings. The van der Waals surface area contributed by atoms with Gasteiger partial charge in [-0.3, -0.25) is 4.79 Å². The van der Waals surface area contributed by atoms with Gasteiger partial charge in [-0.05, 0) is 72.9 Å². The average Bonchev–Trinajstić information content (AvgIpc) is 2.86. The van der Waals surface area contributed by atoms with Crippen LogP contribution in [0.2, 0.25) is 0 Å². The fraction of sp³-hybridized carbons (Fsp3) is 0.310. The van der Waals surface area contributed by atoms with Crippen LogP contribution in [0.3, 0.4) is 0 Å². The quantitative estimate of drug-likeness (QED) is 0.147. The number of aromatic hydroxyl groups is 1.